The second-order valence-corrected chi connectivity index (χ2v) is 15.0. The molecule has 5 heterocycles. The van der Waals surface area contributed by atoms with Crippen LogP contribution in [0.25, 0.3) is 11.6 Å². The first-order valence-corrected chi connectivity index (χ1v) is 18.7. The summed E-state index contributed by atoms with van der Waals surface area (Å²) < 4.78 is 5.65. The Morgan fingerprint density at radius 1 is 0.788 bits per heavy atom. The summed E-state index contributed by atoms with van der Waals surface area (Å²) in [4.78, 5) is 32.2. The summed E-state index contributed by atoms with van der Waals surface area (Å²) in [6.45, 7) is 23.0. The number of fused-ring (bicyclic) bond motifs is 5. The van der Waals surface area contributed by atoms with Crippen molar-refractivity contribution in [3.8, 4) is 0 Å². The lowest BCUT2D eigenvalue weighted by atomic mass is 9.90. The number of aliphatic hydroxyl groups is 1. The molecule has 0 spiro atoms. The van der Waals surface area contributed by atoms with E-state index in [4.69, 9.17) is 19.7 Å². The fraction of sp³-hybridized carbons (Fsp3) is 0.378. The number of hydrogen-bond acceptors (Lipinski definition) is 6. The molecule has 0 saturated heterocycles. The summed E-state index contributed by atoms with van der Waals surface area (Å²) in [6.07, 6.45) is 8.62. The highest BCUT2D eigenvalue weighted by atomic mass is 16.5. The van der Waals surface area contributed by atoms with Crippen molar-refractivity contribution in [3.05, 3.63) is 126 Å². The van der Waals surface area contributed by atoms with Crippen molar-refractivity contribution in [2.75, 3.05) is 0 Å². The van der Waals surface area contributed by atoms with E-state index in [-0.39, 0.29) is 12.6 Å². The predicted molar refractivity (Wildman–Crippen MR) is 215 cm³/mol. The molecule has 0 fully saturated rings. The van der Waals surface area contributed by atoms with E-state index < -0.39 is 5.41 Å². The van der Waals surface area contributed by atoms with E-state index in [1.807, 2.05) is 32.9 Å². The maximum absolute atomic E-state index is 12.5. The molecule has 4 aliphatic rings. The molecule has 6 rings (SSSR count). The molecule has 8 bridgehead atoms. The number of nitrogens with zero attached hydrogens (tertiary/aromatic N) is 3. The maximum Gasteiger partial charge on any atom is 0.311 e. The molecule has 0 unspecified atom stereocenters. The number of ether oxygens (including phenoxy) is 1. The normalized spacial score (nSPS) is 18.4. The average Bonchev–Trinajstić information content (AvgIpc) is 3.80. The zero-order valence-electron chi connectivity index (χ0n) is 32.7. The van der Waals surface area contributed by atoms with Crippen molar-refractivity contribution >= 4 is 34.8 Å². The van der Waals surface area contributed by atoms with Gasteiger partial charge in [0.2, 0.25) is 0 Å². The van der Waals surface area contributed by atoms with E-state index in [1.165, 1.54) is 23.0 Å². The van der Waals surface area contributed by atoms with Gasteiger partial charge < -0.3 is 14.8 Å². The Balaban J connectivity index is 1.65. The van der Waals surface area contributed by atoms with Crippen LogP contribution < -0.4 is 0 Å². The Labute approximate surface area is 308 Å². The molecule has 0 amide bonds. The van der Waals surface area contributed by atoms with Crippen molar-refractivity contribution < 1.29 is 14.6 Å². The van der Waals surface area contributed by atoms with Crippen molar-refractivity contribution in [2.24, 2.45) is 20.4 Å². The number of hydrogen-bond donors (Lipinski definition) is 2. The number of aromatic amines is 1. The van der Waals surface area contributed by atoms with Gasteiger partial charge in [-0.3, -0.25) is 4.79 Å². The van der Waals surface area contributed by atoms with Crippen LogP contribution in [-0.4, -0.2) is 33.2 Å². The molecule has 0 aliphatic carbocycles. The molecular formula is C45H52N4O3. The molecule has 0 radical (unpaired) electrons. The third-order valence-corrected chi connectivity index (χ3v) is 10.8. The third kappa shape index (κ3) is 6.24. The number of esters is 1. The van der Waals surface area contributed by atoms with Crippen LogP contribution in [0.1, 0.15) is 122 Å². The number of aliphatic imine (C=N–C) groups is 3. The Bertz CT molecular complexity index is 2190. The largest absolute Gasteiger partial charge is 0.515 e. The van der Waals surface area contributed by atoms with E-state index in [2.05, 4.69) is 84.7 Å². The summed E-state index contributed by atoms with van der Waals surface area (Å²) in [6, 6.07) is 8.33. The molecule has 0 atom stereocenters. The first-order valence-electron chi connectivity index (χ1n) is 18.7. The molecule has 7 heteroatoms. The smallest absolute Gasteiger partial charge is 0.311 e. The minimum Gasteiger partial charge on any atom is -0.515 e. The van der Waals surface area contributed by atoms with Gasteiger partial charge in [-0.05, 0) is 142 Å². The number of rotatable bonds is 7. The van der Waals surface area contributed by atoms with Gasteiger partial charge in [0.1, 0.15) is 6.61 Å². The number of H-pyrrole nitrogens is 1. The lowest BCUT2D eigenvalue weighted by Gasteiger charge is -2.17. The average molecular weight is 697 g/mol. The van der Waals surface area contributed by atoms with E-state index in [0.717, 1.165) is 116 Å². The first-order chi connectivity index (χ1) is 24.8. The Morgan fingerprint density at radius 2 is 1.37 bits per heavy atom. The quantitative estimate of drug-likeness (QED) is 0.223. The zero-order valence-corrected chi connectivity index (χ0v) is 32.7. The van der Waals surface area contributed by atoms with E-state index >= 15 is 0 Å². The summed E-state index contributed by atoms with van der Waals surface area (Å²) in [5, 5.41) is 10.8. The molecule has 270 valence electrons. The van der Waals surface area contributed by atoms with Crippen LogP contribution in [0.4, 0.5) is 0 Å². The van der Waals surface area contributed by atoms with Crippen LogP contribution in [0.2, 0.25) is 0 Å². The van der Waals surface area contributed by atoms with Crippen LogP contribution in [0.3, 0.4) is 0 Å². The SMILES string of the molecule is CCC1=C(C)C2=CC3=NC(=C(c4ccc(COC(=O)C(C)(C)C)cc4)c4[nH]c(c(C)c4CC)C=C4N=C(C(CC)=C4C)/C(=C\O)C1=N2)C(CC)=C3C. The topological polar surface area (TPSA) is 99.4 Å². The Kier molecular flexibility index (Phi) is 10.0. The van der Waals surface area contributed by atoms with Crippen LogP contribution >= 0.6 is 0 Å². The maximum atomic E-state index is 12.5. The van der Waals surface area contributed by atoms with Gasteiger partial charge in [-0.1, -0.05) is 52.0 Å². The number of nitrogens with one attached hydrogen (secondary N) is 1. The summed E-state index contributed by atoms with van der Waals surface area (Å²) >= 11 is 0. The zero-order chi connectivity index (χ0) is 37.6. The number of aromatic nitrogens is 1. The molecule has 0 saturated carbocycles. The van der Waals surface area contributed by atoms with Gasteiger partial charge in [-0.25, -0.2) is 15.0 Å². The fourth-order valence-electron chi connectivity index (χ4n) is 7.67. The molecule has 2 N–H and O–H groups in total. The second kappa shape index (κ2) is 14.2. The number of aliphatic hydroxyl groups excluding tert-OH is 1. The predicted octanol–water partition coefficient (Wildman–Crippen LogP) is 11.0. The lowest BCUT2D eigenvalue weighted by molar-refractivity contribution is -0.154. The summed E-state index contributed by atoms with van der Waals surface area (Å²) in [5.41, 5.74) is 19.3. The number of allylic oxidation sites excluding steroid dienone is 8. The molecule has 52 heavy (non-hydrogen) atoms. The van der Waals surface area contributed by atoms with Crippen molar-refractivity contribution in [2.45, 2.75) is 108 Å². The minimum atomic E-state index is -0.563. The lowest BCUT2D eigenvalue weighted by Crippen LogP contribution is -2.22. The standard InChI is InChI=1S/C45H52N4O3/c1-12-30-24(5)35-20-37-26(7)32(14-3)42(48-37)39(29-18-16-28(17-19-29)23-52-44(51)45(9,10)11)43-33(15-4)27(8)38(49-43)21-36-25(6)31(13-2)41(47-36)34(22-50)40(30)46-35/h16-22,48,50H,12-15,23H2,1-11H3/b34-22+,35-20?,36-21?,43-39?. The molecule has 4 aliphatic heterocycles. The summed E-state index contributed by atoms with van der Waals surface area (Å²) in [5.74, 6) is -0.224. The first kappa shape index (κ1) is 36.7. The molecule has 1 aromatic heterocycles. The number of carbonyl (C=O) groups excluding carboxylic acids is 1. The number of benzene rings is 1. The van der Waals surface area contributed by atoms with Crippen LogP contribution in [0.5, 0.6) is 0 Å². The molecule has 7 nitrogen and oxygen atoms in total. The van der Waals surface area contributed by atoms with E-state index in [0.29, 0.717) is 5.57 Å². The molecule has 1 aromatic carbocycles. The van der Waals surface area contributed by atoms with Gasteiger partial charge in [-0.2, -0.15) is 0 Å². The monoisotopic (exact) mass is 696 g/mol. The van der Waals surface area contributed by atoms with E-state index in [1.54, 1.807) is 0 Å². The minimum absolute atomic E-state index is 0.217. The second-order valence-electron chi connectivity index (χ2n) is 15.0. The van der Waals surface area contributed by atoms with Crippen molar-refractivity contribution in [1.82, 2.24) is 4.98 Å². The fourth-order valence-corrected chi connectivity index (χ4v) is 7.67. The van der Waals surface area contributed by atoms with Gasteiger partial charge in [0, 0.05) is 11.3 Å². The Morgan fingerprint density at radius 3 is 1.88 bits per heavy atom. The van der Waals surface area contributed by atoms with Gasteiger partial charge in [0.05, 0.1) is 57.2 Å². The molecular weight excluding hydrogens is 645 g/mol. The van der Waals surface area contributed by atoms with Gasteiger partial charge in [0.25, 0.3) is 0 Å². The Hall–Kier alpha value is -5.04. The molecule has 2 aromatic rings. The number of carbonyl (C=O) groups is 1. The van der Waals surface area contributed by atoms with Crippen molar-refractivity contribution in [1.29, 1.82) is 0 Å². The van der Waals surface area contributed by atoms with Gasteiger partial charge in [-0.15, -0.1) is 0 Å². The van der Waals surface area contributed by atoms with Gasteiger partial charge >= 0.3 is 5.97 Å². The van der Waals surface area contributed by atoms with Crippen LogP contribution in [0.15, 0.2) is 108 Å². The highest BCUT2D eigenvalue weighted by molar-refractivity contribution is 6.36. The third-order valence-electron chi connectivity index (χ3n) is 10.8. The van der Waals surface area contributed by atoms with Gasteiger partial charge in [0.15, 0.2) is 0 Å². The van der Waals surface area contributed by atoms with Crippen LogP contribution in [0, 0.1) is 12.3 Å². The highest BCUT2D eigenvalue weighted by Crippen LogP contribution is 2.43. The van der Waals surface area contributed by atoms with Crippen LogP contribution in [-0.2, 0) is 22.6 Å². The van der Waals surface area contributed by atoms with E-state index in [9.17, 15) is 9.90 Å². The summed E-state index contributed by atoms with van der Waals surface area (Å²) in [7, 11) is 0. The van der Waals surface area contributed by atoms with Crippen molar-refractivity contribution in [3.63, 3.8) is 0 Å². The highest BCUT2D eigenvalue weighted by Gasteiger charge is 2.33.